The molecule has 1 atom stereocenters. The lowest BCUT2D eigenvalue weighted by atomic mass is 10.1. The highest BCUT2D eigenvalue weighted by Crippen LogP contribution is 2.17. The van der Waals surface area contributed by atoms with Gasteiger partial charge in [-0.25, -0.2) is 0 Å². The molecule has 5 nitrogen and oxygen atoms in total. The molecular formula is C25H33ClN2O3. The van der Waals surface area contributed by atoms with Crippen molar-refractivity contribution >= 4 is 23.4 Å². The van der Waals surface area contributed by atoms with Gasteiger partial charge in [0, 0.05) is 24.5 Å². The van der Waals surface area contributed by atoms with Gasteiger partial charge in [-0.2, -0.15) is 0 Å². The second kappa shape index (κ2) is 13.0. The molecule has 168 valence electrons. The van der Waals surface area contributed by atoms with Crippen LogP contribution in [-0.4, -0.2) is 35.9 Å². The number of benzene rings is 2. The molecule has 2 aromatic rings. The van der Waals surface area contributed by atoms with E-state index in [2.05, 4.69) is 5.32 Å². The lowest BCUT2D eigenvalue weighted by Gasteiger charge is -2.30. The van der Waals surface area contributed by atoms with Crippen LogP contribution in [0.4, 0.5) is 0 Å². The predicted octanol–water partition coefficient (Wildman–Crippen LogP) is 5.14. The molecule has 0 aliphatic heterocycles. The van der Waals surface area contributed by atoms with E-state index in [9.17, 15) is 9.59 Å². The average molecular weight is 445 g/mol. The Balaban J connectivity index is 2.02. The van der Waals surface area contributed by atoms with Crippen LogP contribution >= 0.6 is 11.6 Å². The first-order valence-electron chi connectivity index (χ1n) is 11.0. The van der Waals surface area contributed by atoms with Crippen LogP contribution in [0.3, 0.4) is 0 Å². The highest BCUT2D eigenvalue weighted by atomic mass is 35.5. The van der Waals surface area contributed by atoms with Crippen molar-refractivity contribution in [2.75, 3.05) is 13.2 Å². The normalized spacial score (nSPS) is 11.6. The second-order valence-electron chi connectivity index (χ2n) is 7.63. The van der Waals surface area contributed by atoms with Gasteiger partial charge in [-0.1, -0.05) is 55.3 Å². The molecule has 0 aliphatic carbocycles. The van der Waals surface area contributed by atoms with Gasteiger partial charge in [0.05, 0.1) is 6.61 Å². The molecule has 0 radical (unpaired) electrons. The topological polar surface area (TPSA) is 58.6 Å². The second-order valence-corrected chi connectivity index (χ2v) is 8.06. The SMILES string of the molecule is CCCNC(=O)[C@H](CC)N(Cc1ccc(C)cc1)C(=O)CCCOc1ccc(Cl)cc1. The third kappa shape index (κ3) is 8.25. The molecule has 0 heterocycles. The summed E-state index contributed by atoms with van der Waals surface area (Å²) in [5.41, 5.74) is 2.17. The summed E-state index contributed by atoms with van der Waals surface area (Å²) in [5, 5.41) is 3.59. The third-order valence-corrected chi connectivity index (χ3v) is 5.28. The third-order valence-electron chi connectivity index (χ3n) is 5.03. The van der Waals surface area contributed by atoms with E-state index in [-0.39, 0.29) is 11.8 Å². The van der Waals surface area contributed by atoms with E-state index >= 15 is 0 Å². The van der Waals surface area contributed by atoms with Crippen LogP contribution in [0.5, 0.6) is 5.75 Å². The lowest BCUT2D eigenvalue weighted by Crippen LogP contribution is -2.49. The summed E-state index contributed by atoms with van der Waals surface area (Å²) in [5.74, 6) is 0.583. The number of nitrogens with one attached hydrogen (secondary N) is 1. The van der Waals surface area contributed by atoms with Crippen molar-refractivity contribution in [2.24, 2.45) is 0 Å². The summed E-state index contributed by atoms with van der Waals surface area (Å²) in [6.45, 7) is 7.42. The maximum Gasteiger partial charge on any atom is 0.242 e. The Morgan fingerprint density at radius 3 is 2.35 bits per heavy atom. The zero-order chi connectivity index (χ0) is 22.6. The van der Waals surface area contributed by atoms with Gasteiger partial charge in [0.2, 0.25) is 11.8 Å². The first kappa shape index (κ1) is 24.7. The van der Waals surface area contributed by atoms with Crippen LogP contribution in [0, 0.1) is 6.92 Å². The number of amides is 2. The largest absolute Gasteiger partial charge is 0.494 e. The molecule has 2 rings (SSSR count). The fraction of sp³-hybridized carbons (Fsp3) is 0.440. The average Bonchev–Trinajstić information content (AvgIpc) is 2.77. The van der Waals surface area contributed by atoms with Crippen LogP contribution in [0.25, 0.3) is 0 Å². The van der Waals surface area contributed by atoms with Crippen molar-refractivity contribution in [1.82, 2.24) is 10.2 Å². The standard InChI is InChI=1S/C25H33ClN2O3/c1-4-16-27-25(30)23(5-2)28(18-20-10-8-19(3)9-11-20)24(29)7-6-17-31-22-14-12-21(26)13-15-22/h8-15,23H,4-7,16-18H2,1-3H3,(H,27,30)/t23-/m0/s1. The number of hydrogen-bond acceptors (Lipinski definition) is 3. The summed E-state index contributed by atoms with van der Waals surface area (Å²) in [6, 6.07) is 14.7. The Hall–Kier alpha value is -2.53. The maximum atomic E-state index is 13.1. The molecule has 0 fully saturated rings. The number of halogens is 1. The van der Waals surface area contributed by atoms with E-state index in [1.165, 1.54) is 0 Å². The highest BCUT2D eigenvalue weighted by Gasteiger charge is 2.28. The quantitative estimate of drug-likeness (QED) is 0.461. The summed E-state index contributed by atoms with van der Waals surface area (Å²) in [7, 11) is 0. The lowest BCUT2D eigenvalue weighted by molar-refractivity contribution is -0.141. The van der Waals surface area contributed by atoms with Crippen molar-refractivity contribution in [1.29, 1.82) is 0 Å². The first-order chi connectivity index (χ1) is 14.9. The molecule has 0 saturated heterocycles. The van der Waals surface area contributed by atoms with Crippen LogP contribution in [-0.2, 0) is 16.1 Å². The Morgan fingerprint density at radius 2 is 1.74 bits per heavy atom. The highest BCUT2D eigenvalue weighted by molar-refractivity contribution is 6.30. The van der Waals surface area contributed by atoms with Gasteiger partial charge < -0.3 is 15.0 Å². The molecule has 0 bridgehead atoms. The summed E-state index contributed by atoms with van der Waals surface area (Å²) in [4.78, 5) is 27.6. The van der Waals surface area contributed by atoms with E-state index in [0.717, 1.165) is 23.3 Å². The van der Waals surface area contributed by atoms with Crippen molar-refractivity contribution in [3.05, 3.63) is 64.7 Å². The minimum Gasteiger partial charge on any atom is -0.494 e. The van der Waals surface area contributed by atoms with Crippen LogP contribution in [0.15, 0.2) is 48.5 Å². The number of nitrogens with zero attached hydrogens (tertiary/aromatic N) is 1. The monoisotopic (exact) mass is 444 g/mol. The minimum atomic E-state index is -0.488. The molecule has 0 unspecified atom stereocenters. The number of hydrogen-bond donors (Lipinski definition) is 1. The smallest absolute Gasteiger partial charge is 0.242 e. The van der Waals surface area contributed by atoms with Crippen LogP contribution in [0.2, 0.25) is 5.02 Å². The van der Waals surface area contributed by atoms with Gasteiger partial charge in [0.25, 0.3) is 0 Å². The molecule has 2 amide bonds. The van der Waals surface area contributed by atoms with Gasteiger partial charge >= 0.3 is 0 Å². The van der Waals surface area contributed by atoms with E-state index in [4.69, 9.17) is 16.3 Å². The zero-order valence-corrected chi connectivity index (χ0v) is 19.5. The number of carbonyl (C=O) groups is 2. The van der Waals surface area contributed by atoms with E-state index < -0.39 is 6.04 Å². The van der Waals surface area contributed by atoms with Crippen molar-refractivity contribution in [2.45, 2.75) is 59.0 Å². The molecule has 0 spiro atoms. The number of aryl methyl sites for hydroxylation is 1. The number of ether oxygens (including phenoxy) is 1. The number of carbonyl (C=O) groups excluding carboxylic acids is 2. The molecule has 6 heteroatoms. The van der Waals surface area contributed by atoms with E-state index in [0.29, 0.717) is 44.0 Å². The molecule has 0 aromatic heterocycles. The van der Waals surface area contributed by atoms with Crippen LogP contribution in [0.1, 0.15) is 50.7 Å². The van der Waals surface area contributed by atoms with Crippen molar-refractivity contribution in [3.8, 4) is 5.75 Å². The maximum absolute atomic E-state index is 13.1. The Bertz CT molecular complexity index is 822. The molecular weight excluding hydrogens is 412 g/mol. The fourth-order valence-corrected chi connectivity index (χ4v) is 3.39. The van der Waals surface area contributed by atoms with Crippen molar-refractivity contribution < 1.29 is 14.3 Å². The summed E-state index contributed by atoms with van der Waals surface area (Å²) in [6.07, 6.45) is 2.31. The van der Waals surface area contributed by atoms with Gasteiger partial charge in [0.1, 0.15) is 11.8 Å². The summed E-state index contributed by atoms with van der Waals surface area (Å²) < 4.78 is 5.70. The van der Waals surface area contributed by atoms with Crippen LogP contribution < -0.4 is 10.1 Å². The Labute approximate surface area is 190 Å². The predicted molar refractivity (Wildman–Crippen MR) is 125 cm³/mol. The molecule has 0 aliphatic rings. The Morgan fingerprint density at radius 1 is 1.06 bits per heavy atom. The Kier molecular flexibility index (Phi) is 10.4. The van der Waals surface area contributed by atoms with E-state index in [1.54, 1.807) is 29.2 Å². The van der Waals surface area contributed by atoms with E-state index in [1.807, 2.05) is 45.0 Å². The number of rotatable bonds is 12. The minimum absolute atomic E-state index is 0.0428. The molecule has 0 saturated carbocycles. The molecule has 31 heavy (non-hydrogen) atoms. The van der Waals surface area contributed by atoms with Gasteiger partial charge in [-0.05, 0) is 56.0 Å². The first-order valence-corrected chi connectivity index (χ1v) is 11.3. The van der Waals surface area contributed by atoms with Gasteiger partial charge in [-0.15, -0.1) is 0 Å². The fourth-order valence-electron chi connectivity index (χ4n) is 3.26. The summed E-state index contributed by atoms with van der Waals surface area (Å²) >= 11 is 5.89. The zero-order valence-electron chi connectivity index (χ0n) is 18.7. The van der Waals surface area contributed by atoms with Gasteiger partial charge in [-0.3, -0.25) is 9.59 Å². The van der Waals surface area contributed by atoms with Crippen molar-refractivity contribution in [3.63, 3.8) is 0 Å². The molecule has 2 aromatic carbocycles. The molecule has 1 N–H and O–H groups in total. The van der Waals surface area contributed by atoms with Gasteiger partial charge in [0.15, 0.2) is 0 Å².